The highest BCUT2D eigenvalue weighted by Gasteiger charge is 2.19. The molecule has 5 nitrogen and oxygen atoms in total. The van der Waals surface area contributed by atoms with Crippen LogP contribution in [0.4, 0.5) is 5.69 Å². The number of esters is 1. The molecule has 1 N–H and O–H groups in total. The Morgan fingerprint density at radius 2 is 1.91 bits per heavy atom. The minimum absolute atomic E-state index is 0.229. The van der Waals surface area contributed by atoms with Crippen LogP contribution in [-0.4, -0.2) is 18.0 Å². The van der Waals surface area contributed by atoms with Gasteiger partial charge in [-0.25, -0.2) is 4.79 Å². The molecule has 6 heteroatoms. The highest BCUT2D eigenvalue weighted by Crippen LogP contribution is 2.15. The summed E-state index contributed by atoms with van der Waals surface area (Å²) >= 11 is 3.31. The number of amides is 1. The lowest BCUT2D eigenvalue weighted by Crippen LogP contribution is -2.30. The van der Waals surface area contributed by atoms with E-state index in [9.17, 15) is 9.59 Å². The molecular formula is C17H13BrN2O3. The molecule has 0 heterocycles. The number of nitrogens with zero attached hydrogens (tertiary/aromatic N) is 1. The van der Waals surface area contributed by atoms with Gasteiger partial charge < -0.3 is 10.1 Å². The number of halogens is 1. The molecule has 1 atom stereocenters. The van der Waals surface area contributed by atoms with Crippen molar-refractivity contribution in [3.63, 3.8) is 0 Å². The van der Waals surface area contributed by atoms with Crippen molar-refractivity contribution in [2.45, 2.75) is 13.0 Å². The van der Waals surface area contributed by atoms with Crippen LogP contribution in [-0.2, 0) is 9.53 Å². The van der Waals surface area contributed by atoms with E-state index in [1.165, 1.54) is 19.1 Å². The van der Waals surface area contributed by atoms with Gasteiger partial charge in [0.15, 0.2) is 6.10 Å². The summed E-state index contributed by atoms with van der Waals surface area (Å²) in [5.74, 6) is -1.09. The average Bonchev–Trinajstić information content (AvgIpc) is 2.56. The second-order valence-corrected chi connectivity index (χ2v) is 5.65. The molecule has 1 amide bonds. The van der Waals surface area contributed by atoms with Gasteiger partial charge in [0, 0.05) is 10.2 Å². The highest BCUT2D eigenvalue weighted by molar-refractivity contribution is 9.10. The van der Waals surface area contributed by atoms with E-state index in [1.54, 1.807) is 36.4 Å². The molecule has 0 radical (unpaired) electrons. The van der Waals surface area contributed by atoms with Crippen molar-refractivity contribution in [2.24, 2.45) is 0 Å². The summed E-state index contributed by atoms with van der Waals surface area (Å²) in [6, 6.07) is 15.1. The van der Waals surface area contributed by atoms with Crippen LogP contribution in [0.5, 0.6) is 0 Å². The SMILES string of the molecule is C[C@H](OC(=O)c1cccc(C#N)c1)C(=O)Nc1ccc(Br)cc1. The normalized spacial score (nSPS) is 11.2. The first-order chi connectivity index (χ1) is 11.0. The number of carbonyl (C=O) groups excluding carboxylic acids is 2. The summed E-state index contributed by atoms with van der Waals surface area (Å²) in [5.41, 5.74) is 1.19. The fraction of sp³-hybridized carbons (Fsp3) is 0.118. The Morgan fingerprint density at radius 1 is 1.22 bits per heavy atom. The first-order valence-corrected chi connectivity index (χ1v) is 7.56. The molecule has 0 saturated heterocycles. The molecule has 2 rings (SSSR count). The molecule has 0 fully saturated rings. The first kappa shape index (κ1) is 16.7. The zero-order chi connectivity index (χ0) is 16.8. The summed E-state index contributed by atoms with van der Waals surface area (Å²) in [6.45, 7) is 1.49. The number of rotatable bonds is 4. The molecule has 0 bridgehead atoms. The van der Waals surface area contributed by atoms with Crippen molar-refractivity contribution >= 4 is 33.5 Å². The van der Waals surface area contributed by atoms with E-state index in [4.69, 9.17) is 10.00 Å². The third-order valence-electron chi connectivity index (χ3n) is 2.99. The van der Waals surface area contributed by atoms with Gasteiger partial charge in [0.2, 0.25) is 0 Å². The van der Waals surface area contributed by atoms with Gasteiger partial charge in [-0.3, -0.25) is 4.79 Å². The lowest BCUT2D eigenvalue weighted by molar-refractivity contribution is -0.123. The number of benzene rings is 2. The zero-order valence-corrected chi connectivity index (χ0v) is 13.8. The Hall–Kier alpha value is -2.65. The van der Waals surface area contributed by atoms with Crippen LogP contribution in [0.15, 0.2) is 53.0 Å². The monoisotopic (exact) mass is 372 g/mol. The van der Waals surface area contributed by atoms with Crippen molar-refractivity contribution in [2.75, 3.05) is 5.32 Å². The van der Waals surface area contributed by atoms with E-state index in [0.717, 1.165) is 4.47 Å². The van der Waals surface area contributed by atoms with E-state index in [1.807, 2.05) is 6.07 Å². The fourth-order valence-corrected chi connectivity index (χ4v) is 2.04. The fourth-order valence-electron chi connectivity index (χ4n) is 1.77. The summed E-state index contributed by atoms with van der Waals surface area (Å²) in [4.78, 5) is 24.0. The molecular weight excluding hydrogens is 360 g/mol. The van der Waals surface area contributed by atoms with Crippen LogP contribution < -0.4 is 5.32 Å². The maximum Gasteiger partial charge on any atom is 0.338 e. The van der Waals surface area contributed by atoms with Crippen molar-refractivity contribution in [1.29, 1.82) is 5.26 Å². The number of ether oxygens (including phenoxy) is 1. The maximum absolute atomic E-state index is 12.0. The van der Waals surface area contributed by atoms with Gasteiger partial charge in [0.05, 0.1) is 17.2 Å². The topological polar surface area (TPSA) is 79.2 Å². The summed E-state index contributed by atoms with van der Waals surface area (Å²) < 4.78 is 6.02. The number of nitrogens with one attached hydrogen (secondary N) is 1. The summed E-state index contributed by atoms with van der Waals surface area (Å²) in [7, 11) is 0. The maximum atomic E-state index is 12.0. The van der Waals surface area contributed by atoms with Crippen LogP contribution >= 0.6 is 15.9 Å². The van der Waals surface area contributed by atoms with Gasteiger partial charge in [-0.1, -0.05) is 22.0 Å². The van der Waals surface area contributed by atoms with Gasteiger partial charge in [0.1, 0.15) is 0 Å². The predicted molar refractivity (Wildman–Crippen MR) is 88.8 cm³/mol. The Balaban J connectivity index is 1.98. The number of carbonyl (C=O) groups is 2. The highest BCUT2D eigenvalue weighted by atomic mass is 79.9. The molecule has 0 saturated carbocycles. The third kappa shape index (κ3) is 4.66. The Kier molecular flexibility index (Phi) is 5.50. The van der Waals surface area contributed by atoms with Gasteiger partial charge in [-0.15, -0.1) is 0 Å². The van der Waals surface area contributed by atoms with Gasteiger partial charge in [0.25, 0.3) is 5.91 Å². The standard InChI is InChI=1S/C17H13BrN2O3/c1-11(16(21)20-15-7-5-14(18)6-8-15)23-17(22)13-4-2-3-12(9-13)10-19/h2-9,11H,1H3,(H,20,21)/t11-/m0/s1. The van der Waals surface area contributed by atoms with Crippen LogP contribution in [0.3, 0.4) is 0 Å². The van der Waals surface area contributed by atoms with Gasteiger partial charge in [-0.2, -0.15) is 5.26 Å². The van der Waals surface area contributed by atoms with E-state index < -0.39 is 18.0 Å². The first-order valence-electron chi connectivity index (χ1n) is 6.77. The van der Waals surface area contributed by atoms with Crippen LogP contribution in [0.2, 0.25) is 0 Å². The van der Waals surface area contributed by atoms with Crippen molar-refractivity contribution < 1.29 is 14.3 Å². The van der Waals surface area contributed by atoms with E-state index in [0.29, 0.717) is 11.3 Å². The average molecular weight is 373 g/mol. The van der Waals surface area contributed by atoms with Crippen LogP contribution in [0.1, 0.15) is 22.8 Å². The largest absolute Gasteiger partial charge is 0.449 e. The summed E-state index contributed by atoms with van der Waals surface area (Å²) in [5, 5.41) is 11.5. The Bertz CT molecular complexity index is 766. The second kappa shape index (κ2) is 7.56. The van der Waals surface area contributed by atoms with Crippen molar-refractivity contribution in [1.82, 2.24) is 0 Å². The smallest absolute Gasteiger partial charge is 0.338 e. The quantitative estimate of drug-likeness (QED) is 0.832. The van der Waals surface area contributed by atoms with Crippen molar-refractivity contribution in [3.05, 3.63) is 64.1 Å². The summed E-state index contributed by atoms with van der Waals surface area (Å²) in [6.07, 6.45) is -0.961. The number of hydrogen-bond donors (Lipinski definition) is 1. The number of nitriles is 1. The third-order valence-corrected chi connectivity index (χ3v) is 3.52. The Labute approximate surface area is 142 Å². The number of hydrogen-bond acceptors (Lipinski definition) is 4. The minimum Gasteiger partial charge on any atom is -0.449 e. The van der Waals surface area contributed by atoms with Gasteiger partial charge >= 0.3 is 5.97 Å². The molecule has 2 aromatic rings. The molecule has 0 aliphatic carbocycles. The van der Waals surface area contributed by atoms with E-state index >= 15 is 0 Å². The lowest BCUT2D eigenvalue weighted by Gasteiger charge is -2.13. The second-order valence-electron chi connectivity index (χ2n) is 4.74. The lowest BCUT2D eigenvalue weighted by atomic mass is 10.1. The molecule has 0 aliphatic rings. The van der Waals surface area contributed by atoms with E-state index in [-0.39, 0.29) is 5.56 Å². The molecule has 2 aromatic carbocycles. The predicted octanol–water partition coefficient (Wildman–Crippen LogP) is 3.50. The van der Waals surface area contributed by atoms with E-state index in [2.05, 4.69) is 21.2 Å². The molecule has 0 aromatic heterocycles. The van der Waals surface area contributed by atoms with Crippen LogP contribution in [0.25, 0.3) is 0 Å². The Morgan fingerprint density at radius 3 is 2.57 bits per heavy atom. The molecule has 0 aliphatic heterocycles. The van der Waals surface area contributed by atoms with Gasteiger partial charge in [-0.05, 0) is 49.4 Å². The number of anilines is 1. The van der Waals surface area contributed by atoms with Crippen molar-refractivity contribution in [3.8, 4) is 6.07 Å². The molecule has 116 valence electrons. The molecule has 0 unspecified atom stereocenters. The zero-order valence-electron chi connectivity index (χ0n) is 12.2. The minimum atomic E-state index is -0.961. The van der Waals surface area contributed by atoms with Crippen LogP contribution in [0, 0.1) is 11.3 Å². The molecule has 23 heavy (non-hydrogen) atoms. The molecule has 0 spiro atoms.